The number of ether oxygens (including phenoxy) is 3. The molecule has 1 saturated heterocycles. The van der Waals surface area contributed by atoms with Crippen LogP contribution < -0.4 is 14.9 Å². The van der Waals surface area contributed by atoms with E-state index < -0.39 is 11.4 Å². The van der Waals surface area contributed by atoms with Crippen molar-refractivity contribution in [3.05, 3.63) is 54.1 Å². The first-order chi connectivity index (χ1) is 16.4. The molecule has 0 aromatic heterocycles. The summed E-state index contributed by atoms with van der Waals surface area (Å²) in [4.78, 5) is 24.4. The highest BCUT2D eigenvalue weighted by Gasteiger charge is 2.27. The number of hydrogen-bond acceptors (Lipinski definition) is 7. The van der Waals surface area contributed by atoms with Crippen LogP contribution in [0.3, 0.4) is 0 Å². The van der Waals surface area contributed by atoms with Gasteiger partial charge < -0.3 is 23.5 Å². The predicted octanol–water partition coefficient (Wildman–Crippen LogP) is 4.18. The molecule has 1 heterocycles. The summed E-state index contributed by atoms with van der Waals surface area (Å²) >= 11 is 0. The summed E-state index contributed by atoms with van der Waals surface area (Å²) in [6.07, 6.45) is 3.13. The van der Waals surface area contributed by atoms with Gasteiger partial charge >= 0.3 is 19.1 Å². The first kappa shape index (κ1) is 25.8. The summed E-state index contributed by atoms with van der Waals surface area (Å²) < 4.78 is 27.6. The van der Waals surface area contributed by atoms with Gasteiger partial charge in [-0.15, -0.1) is 0 Å². The van der Waals surface area contributed by atoms with Gasteiger partial charge in [-0.1, -0.05) is 19.1 Å². The SMILES string of the molecule is CCC(C)(C)C(=O)OCCCCOc1ccc(C(=O)Oc2ccc(B3OCCCO3)cc2)cc1. The Balaban J connectivity index is 1.37. The first-order valence-electron chi connectivity index (χ1n) is 11.8. The molecule has 0 aliphatic carbocycles. The van der Waals surface area contributed by atoms with Crippen LogP contribution in [0.1, 0.15) is 56.8 Å². The molecule has 0 unspecified atom stereocenters. The summed E-state index contributed by atoms with van der Waals surface area (Å²) in [6, 6.07) is 13.9. The highest BCUT2D eigenvalue weighted by atomic mass is 16.6. The van der Waals surface area contributed by atoms with Crippen molar-refractivity contribution in [3.63, 3.8) is 0 Å². The van der Waals surface area contributed by atoms with Crippen LogP contribution in [0.15, 0.2) is 48.5 Å². The van der Waals surface area contributed by atoms with E-state index in [-0.39, 0.29) is 13.1 Å². The van der Waals surface area contributed by atoms with Crippen molar-refractivity contribution in [1.29, 1.82) is 0 Å². The van der Waals surface area contributed by atoms with Gasteiger partial charge in [-0.05, 0) is 81.4 Å². The monoisotopic (exact) mass is 468 g/mol. The quantitative estimate of drug-likeness (QED) is 0.212. The maximum atomic E-state index is 12.4. The number of hydrogen-bond donors (Lipinski definition) is 0. The maximum Gasteiger partial charge on any atom is 0.493 e. The van der Waals surface area contributed by atoms with Crippen LogP contribution in [0.2, 0.25) is 0 Å². The third-order valence-corrected chi connectivity index (χ3v) is 5.76. The van der Waals surface area contributed by atoms with E-state index in [9.17, 15) is 9.59 Å². The summed E-state index contributed by atoms with van der Waals surface area (Å²) in [5, 5.41) is 0. The Hall–Kier alpha value is -2.84. The Labute approximate surface area is 201 Å². The lowest BCUT2D eigenvalue weighted by atomic mass is 9.78. The second kappa shape index (κ2) is 12.6. The van der Waals surface area contributed by atoms with E-state index in [0.29, 0.717) is 43.5 Å². The van der Waals surface area contributed by atoms with Gasteiger partial charge in [0.2, 0.25) is 0 Å². The molecule has 3 rings (SSSR count). The van der Waals surface area contributed by atoms with E-state index in [1.54, 1.807) is 36.4 Å². The van der Waals surface area contributed by atoms with Gasteiger partial charge in [-0.3, -0.25) is 4.79 Å². The molecule has 0 amide bonds. The molecule has 7 nitrogen and oxygen atoms in total. The largest absolute Gasteiger partial charge is 0.494 e. The summed E-state index contributed by atoms with van der Waals surface area (Å²) in [5.41, 5.74) is 0.881. The van der Waals surface area contributed by atoms with E-state index in [1.165, 1.54) is 0 Å². The Morgan fingerprint density at radius 1 is 0.912 bits per heavy atom. The molecule has 0 spiro atoms. The van der Waals surface area contributed by atoms with Crippen LogP contribution in [0, 0.1) is 5.41 Å². The second-order valence-corrected chi connectivity index (χ2v) is 8.84. The summed E-state index contributed by atoms with van der Waals surface area (Å²) in [5.74, 6) is 0.508. The lowest BCUT2D eigenvalue weighted by Crippen LogP contribution is -2.40. The van der Waals surface area contributed by atoms with Gasteiger partial charge in [-0.2, -0.15) is 0 Å². The maximum absolute atomic E-state index is 12.4. The van der Waals surface area contributed by atoms with E-state index >= 15 is 0 Å². The lowest BCUT2D eigenvalue weighted by Gasteiger charge is -2.20. The van der Waals surface area contributed by atoms with Crippen molar-refractivity contribution in [2.45, 2.75) is 46.5 Å². The number of carbonyl (C=O) groups is 2. The average molecular weight is 468 g/mol. The molecule has 0 saturated carbocycles. The van der Waals surface area contributed by atoms with Gasteiger partial charge in [0.25, 0.3) is 0 Å². The summed E-state index contributed by atoms with van der Waals surface area (Å²) in [6.45, 7) is 7.98. The van der Waals surface area contributed by atoms with Gasteiger partial charge in [0, 0.05) is 13.2 Å². The second-order valence-electron chi connectivity index (χ2n) is 8.84. The smallest absolute Gasteiger partial charge is 0.493 e. The third-order valence-electron chi connectivity index (χ3n) is 5.76. The van der Waals surface area contributed by atoms with E-state index in [4.69, 9.17) is 23.5 Å². The number of carbonyl (C=O) groups excluding carboxylic acids is 2. The lowest BCUT2D eigenvalue weighted by molar-refractivity contribution is -0.154. The predicted molar refractivity (Wildman–Crippen MR) is 130 cm³/mol. The molecule has 1 aliphatic heterocycles. The molecular weight excluding hydrogens is 435 g/mol. The summed E-state index contributed by atoms with van der Waals surface area (Å²) in [7, 11) is -0.366. The van der Waals surface area contributed by atoms with Gasteiger partial charge in [0.15, 0.2) is 0 Å². The molecule has 0 bridgehead atoms. The Bertz CT molecular complexity index is 919. The molecule has 1 fully saturated rings. The minimum atomic E-state index is -0.443. The number of benzene rings is 2. The zero-order valence-corrected chi connectivity index (χ0v) is 20.2. The molecule has 2 aromatic rings. The minimum Gasteiger partial charge on any atom is -0.494 e. The van der Waals surface area contributed by atoms with Crippen molar-refractivity contribution in [2.24, 2.45) is 5.41 Å². The van der Waals surface area contributed by atoms with Crippen molar-refractivity contribution in [3.8, 4) is 11.5 Å². The minimum absolute atomic E-state index is 0.165. The van der Waals surface area contributed by atoms with Gasteiger partial charge in [0.1, 0.15) is 11.5 Å². The molecule has 8 heteroatoms. The third kappa shape index (κ3) is 7.60. The zero-order valence-electron chi connectivity index (χ0n) is 20.2. The van der Waals surface area contributed by atoms with Gasteiger partial charge in [0.05, 0.1) is 24.2 Å². The van der Waals surface area contributed by atoms with Crippen LogP contribution >= 0.6 is 0 Å². The van der Waals surface area contributed by atoms with Gasteiger partial charge in [-0.25, -0.2) is 4.79 Å². The van der Waals surface area contributed by atoms with Crippen LogP contribution in [-0.2, 0) is 18.8 Å². The molecule has 182 valence electrons. The molecule has 0 radical (unpaired) electrons. The van der Waals surface area contributed by atoms with Crippen LogP contribution in [-0.4, -0.2) is 45.5 Å². The molecule has 1 aliphatic rings. The van der Waals surface area contributed by atoms with Crippen molar-refractivity contribution >= 4 is 24.5 Å². The fourth-order valence-corrected chi connectivity index (χ4v) is 3.13. The number of esters is 2. The fourth-order valence-electron chi connectivity index (χ4n) is 3.13. The average Bonchev–Trinajstić information content (AvgIpc) is 2.87. The fraction of sp³-hybridized carbons (Fsp3) is 0.462. The Morgan fingerprint density at radius 2 is 1.53 bits per heavy atom. The Kier molecular flexibility index (Phi) is 9.54. The van der Waals surface area contributed by atoms with Crippen LogP contribution in [0.5, 0.6) is 11.5 Å². The topological polar surface area (TPSA) is 80.3 Å². The normalized spacial score (nSPS) is 13.9. The zero-order chi connectivity index (χ0) is 24.4. The van der Waals surface area contributed by atoms with Crippen molar-refractivity contribution in [1.82, 2.24) is 0 Å². The molecule has 0 N–H and O–H groups in total. The van der Waals surface area contributed by atoms with Crippen molar-refractivity contribution in [2.75, 3.05) is 26.4 Å². The van der Waals surface area contributed by atoms with Crippen LogP contribution in [0.4, 0.5) is 0 Å². The standard InChI is InChI=1S/C26H33BO7/c1-4-26(2,3)25(29)31-17-6-5-16-30-22-12-8-20(9-13-22)24(28)34-23-14-10-21(11-15-23)27-32-18-7-19-33-27/h8-15H,4-7,16-19H2,1-3H3. The highest BCUT2D eigenvalue weighted by molar-refractivity contribution is 6.61. The van der Waals surface area contributed by atoms with Crippen molar-refractivity contribution < 1.29 is 33.1 Å². The number of rotatable bonds is 11. The van der Waals surface area contributed by atoms with Crippen LogP contribution in [0.25, 0.3) is 0 Å². The first-order valence-corrected chi connectivity index (χ1v) is 11.8. The molecule has 0 atom stereocenters. The highest BCUT2D eigenvalue weighted by Crippen LogP contribution is 2.21. The molecular formula is C26H33BO7. The molecule has 2 aromatic carbocycles. The van der Waals surface area contributed by atoms with E-state index in [0.717, 1.165) is 31.1 Å². The molecule has 34 heavy (non-hydrogen) atoms. The Morgan fingerprint density at radius 3 is 2.18 bits per heavy atom. The number of unbranched alkanes of at least 4 members (excludes halogenated alkanes) is 1. The van der Waals surface area contributed by atoms with E-state index in [1.807, 2.05) is 32.9 Å². The van der Waals surface area contributed by atoms with E-state index in [2.05, 4.69) is 0 Å².